The van der Waals surface area contributed by atoms with Crippen LogP contribution in [0.4, 0.5) is 17.2 Å². The molecule has 0 bridgehead atoms. The van der Waals surface area contributed by atoms with Crippen molar-refractivity contribution in [2.45, 2.75) is 26.2 Å². The smallest absolute Gasteiger partial charge is 0.269 e. The van der Waals surface area contributed by atoms with Crippen molar-refractivity contribution < 1.29 is 4.92 Å². The molecule has 148 valence electrons. The molecule has 1 aromatic heterocycles. The van der Waals surface area contributed by atoms with Gasteiger partial charge in [-0.25, -0.2) is 4.98 Å². The molecule has 0 spiro atoms. The molecule has 2 heterocycles. The molecule has 0 radical (unpaired) electrons. The summed E-state index contributed by atoms with van der Waals surface area (Å²) < 4.78 is 0. The fraction of sp³-hybridized carbons (Fsp3) is 0.348. The number of pyridine rings is 1. The Labute approximate surface area is 169 Å². The summed E-state index contributed by atoms with van der Waals surface area (Å²) in [4.78, 5) is 20.1. The van der Waals surface area contributed by atoms with Crippen molar-refractivity contribution in [2.24, 2.45) is 0 Å². The summed E-state index contributed by atoms with van der Waals surface area (Å²) in [5, 5.41) is 12.1. The van der Waals surface area contributed by atoms with Crippen LogP contribution in [0.1, 0.15) is 23.1 Å². The molecule has 6 nitrogen and oxygen atoms in total. The molecule has 1 aliphatic carbocycles. The largest absolute Gasteiger partial charge is 0.368 e. The summed E-state index contributed by atoms with van der Waals surface area (Å²) in [6, 6.07) is 13.7. The Hall–Kier alpha value is -3.15. The van der Waals surface area contributed by atoms with Crippen molar-refractivity contribution in [3.8, 4) is 0 Å². The van der Waals surface area contributed by atoms with E-state index >= 15 is 0 Å². The van der Waals surface area contributed by atoms with Gasteiger partial charge in [-0.3, -0.25) is 10.1 Å². The van der Waals surface area contributed by atoms with Gasteiger partial charge in [0.1, 0.15) is 5.82 Å². The Morgan fingerprint density at radius 2 is 1.59 bits per heavy atom. The third-order valence-corrected chi connectivity index (χ3v) is 6.24. The van der Waals surface area contributed by atoms with Crippen LogP contribution >= 0.6 is 0 Å². The molecule has 2 aliphatic rings. The van der Waals surface area contributed by atoms with Crippen molar-refractivity contribution in [3.63, 3.8) is 0 Å². The quantitative estimate of drug-likeness (QED) is 0.495. The third-order valence-electron chi connectivity index (χ3n) is 6.24. The van der Waals surface area contributed by atoms with Gasteiger partial charge in [-0.05, 0) is 73.2 Å². The number of hydrogen-bond acceptors (Lipinski definition) is 5. The van der Waals surface area contributed by atoms with Crippen molar-refractivity contribution in [2.75, 3.05) is 36.0 Å². The van der Waals surface area contributed by atoms with Crippen LogP contribution in [0, 0.1) is 17.0 Å². The highest BCUT2D eigenvalue weighted by atomic mass is 16.6. The molecule has 5 rings (SSSR count). The first kappa shape index (κ1) is 17.9. The molecule has 2 aromatic carbocycles. The van der Waals surface area contributed by atoms with Crippen LogP contribution in [0.3, 0.4) is 0 Å². The van der Waals surface area contributed by atoms with Gasteiger partial charge < -0.3 is 9.80 Å². The first-order valence-electron chi connectivity index (χ1n) is 10.3. The Balaban J connectivity index is 1.34. The number of aryl methyl sites for hydroxylation is 3. The Morgan fingerprint density at radius 3 is 2.28 bits per heavy atom. The highest BCUT2D eigenvalue weighted by Gasteiger charge is 2.20. The van der Waals surface area contributed by atoms with Crippen molar-refractivity contribution in [1.82, 2.24) is 4.98 Å². The molecule has 0 N–H and O–H groups in total. The lowest BCUT2D eigenvalue weighted by molar-refractivity contribution is -0.384. The molecule has 1 fully saturated rings. The van der Waals surface area contributed by atoms with Crippen LogP contribution in [-0.4, -0.2) is 36.1 Å². The minimum absolute atomic E-state index is 0.134. The number of benzene rings is 2. The molecule has 1 saturated heterocycles. The van der Waals surface area contributed by atoms with Crippen LogP contribution in [0.2, 0.25) is 0 Å². The second-order valence-electron chi connectivity index (χ2n) is 8.04. The summed E-state index contributed by atoms with van der Waals surface area (Å²) in [6.45, 7) is 5.71. The maximum atomic E-state index is 10.8. The second kappa shape index (κ2) is 7.03. The number of nitro groups is 1. The number of piperazine rings is 1. The van der Waals surface area contributed by atoms with Gasteiger partial charge in [-0.2, -0.15) is 0 Å². The van der Waals surface area contributed by atoms with Gasteiger partial charge in [0.15, 0.2) is 0 Å². The van der Waals surface area contributed by atoms with Gasteiger partial charge in [-0.1, -0.05) is 0 Å². The summed E-state index contributed by atoms with van der Waals surface area (Å²) in [5.74, 6) is 1.05. The number of rotatable bonds is 3. The summed E-state index contributed by atoms with van der Waals surface area (Å²) >= 11 is 0. The van der Waals surface area contributed by atoms with E-state index in [2.05, 4.69) is 34.9 Å². The Morgan fingerprint density at radius 1 is 0.931 bits per heavy atom. The minimum Gasteiger partial charge on any atom is -0.368 e. The average Bonchev–Trinajstić information content (AvgIpc) is 3.20. The van der Waals surface area contributed by atoms with Gasteiger partial charge >= 0.3 is 0 Å². The third kappa shape index (κ3) is 3.28. The molecule has 3 aromatic rings. The van der Waals surface area contributed by atoms with Crippen LogP contribution < -0.4 is 9.80 Å². The minimum atomic E-state index is -0.356. The van der Waals surface area contributed by atoms with E-state index in [1.807, 2.05) is 12.1 Å². The summed E-state index contributed by atoms with van der Waals surface area (Å²) in [7, 11) is 0. The van der Waals surface area contributed by atoms with E-state index in [0.29, 0.717) is 0 Å². The van der Waals surface area contributed by atoms with Crippen molar-refractivity contribution >= 4 is 28.1 Å². The molecule has 29 heavy (non-hydrogen) atoms. The fourth-order valence-corrected chi connectivity index (χ4v) is 4.59. The monoisotopic (exact) mass is 388 g/mol. The van der Waals surface area contributed by atoms with Crippen LogP contribution in [-0.2, 0) is 12.8 Å². The van der Waals surface area contributed by atoms with Crippen molar-refractivity contribution in [1.29, 1.82) is 0 Å². The first-order valence-corrected chi connectivity index (χ1v) is 10.3. The number of non-ortho nitro benzene ring substituents is 1. The van der Waals surface area contributed by atoms with Gasteiger partial charge in [0.2, 0.25) is 0 Å². The fourth-order valence-electron chi connectivity index (χ4n) is 4.59. The van der Waals surface area contributed by atoms with Crippen LogP contribution in [0.5, 0.6) is 0 Å². The molecule has 0 amide bonds. The first-order chi connectivity index (χ1) is 14.1. The number of anilines is 2. The predicted molar refractivity (Wildman–Crippen MR) is 116 cm³/mol. The van der Waals surface area contributed by atoms with Gasteiger partial charge in [0.05, 0.1) is 10.4 Å². The molecule has 1 aliphatic heterocycles. The lowest BCUT2D eigenvalue weighted by Gasteiger charge is -2.37. The lowest BCUT2D eigenvalue weighted by atomic mass is 10.0. The van der Waals surface area contributed by atoms with Gasteiger partial charge in [0, 0.05) is 49.4 Å². The van der Waals surface area contributed by atoms with E-state index in [1.165, 1.54) is 41.3 Å². The van der Waals surface area contributed by atoms with Crippen LogP contribution in [0.15, 0.2) is 42.5 Å². The number of fused-ring (bicyclic) bond motifs is 2. The van der Waals surface area contributed by atoms with E-state index in [9.17, 15) is 10.1 Å². The normalized spacial score (nSPS) is 16.3. The maximum Gasteiger partial charge on any atom is 0.269 e. The van der Waals surface area contributed by atoms with Crippen molar-refractivity contribution in [3.05, 3.63) is 69.3 Å². The van der Waals surface area contributed by atoms with Crippen LogP contribution in [0.25, 0.3) is 10.9 Å². The van der Waals surface area contributed by atoms with E-state index in [-0.39, 0.29) is 10.6 Å². The summed E-state index contributed by atoms with van der Waals surface area (Å²) in [6.07, 6.45) is 3.61. The molecule has 0 unspecified atom stereocenters. The molecular weight excluding hydrogens is 364 g/mol. The second-order valence-corrected chi connectivity index (χ2v) is 8.04. The zero-order chi connectivity index (χ0) is 20.0. The molecule has 0 atom stereocenters. The van der Waals surface area contributed by atoms with E-state index in [4.69, 9.17) is 4.98 Å². The SMILES string of the molecule is Cc1cc(N2CCN(c3ccc([N+](=O)[O-])cc3)CC2)nc2cc3c(cc12)CCC3. The topological polar surface area (TPSA) is 62.5 Å². The number of nitro benzene ring substituents is 1. The summed E-state index contributed by atoms with van der Waals surface area (Å²) in [5.41, 5.74) is 6.52. The van der Waals surface area contributed by atoms with E-state index in [0.717, 1.165) is 43.2 Å². The maximum absolute atomic E-state index is 10.8. The Bertz CT molecular complexity index is 1090. The number of nitrogens with zero attached hydrogens (tertiary/aromatic N) is 4. The highest BCUT2D eigenvalue weighted by Crippen LogP contribution is 2.30. The lowest BCUT2D eigenvalue weighted by Crippen LogP contribution is -2.46. The van der Waals surface area contributed by atoms with E-state index < -0.39 is 0 Å². The molecule has 6 heteroatoms. The Kier molecular flexibility index (Phi) is 4.34. The van der Waals surface area contributed by atoms with Gasteiger partial charge in [-0.15, -0.1) is 0 Å². The molecule has 0 saturated carbocycles. The van der Waals surface area contributed by atoms with E-state index in [1.54, 1.807) is 12.1 Å². The number of hydrogen-bond donors (Lipinski definition) is 0. The zero-order valence-electron chi connectivity index (χ0n) is 16.6. The standard InChI is InChI=1S/C23H24N4O2/c1-16-13-23(24-22-15-18-4-2-3-17(18)14-21(16)22)26-11-9-25(10-12-26)19-5-7-20(8-6-19)27(28)29/h5-8,13-15H,2-4,9-12H2,1H3. The average molecular weight is 388 g/mol. The highest BCUT2D eigenvalue weighted by molar-refractivity contribution is 5.85. The molecular formula is C23H24N4O2. The zero-order valence-corrected chi connectivity index (χ0v) is 16.6. The predicted octanol–water partition coefficient (Wildman–Crippen LogP) is 4.27. The number of aromatic nitrogens is 1. The van der Waals surface area contributed by atoms with Gasteiger partial charge in [0.25, 0.3) is 5.69 Å².